The summed E-state index contributed by atoms with van der Waals surface area (Å²) < 4.78 is 20.1. The zero-order chi connectivity index (χ0) is 17.8. The normalized spacial score (nSPS) is 26.5. The van der Waals surface area contributed by atoms with Crippen LogP contribution in [0, 0.1) is 5.82 Å². The highest BCUT2D eigenvalue weighted by atomic mass is 35.5. The molecular weight excluding hydrogens is 349 g/mol. The number of rotatable bonds is 5. The lowest BCUT2D eigenvalue weighted by molar-refractivity contribution is -0.140. The van der Waals surface area contributed by atoms with Crippen molar-refractivity contribution in [3.05, 3.63) is 40.8 Å². The molecule has 132 valence electrons. The lowest BCUT2D eigenvalue weighted by Crippen LogP contribution is -2.77. The van der Waals surface area contributed by atoms with Gasteiger partial charge in [-0.15, -0.1) is 0 Å². The first-order valence-corrected chi connectivity index (χ1v) is 8.31. The van der Waals surface area contributed by atoms with Gasteiger partial charge in [0.05, 0.1) is 10.7 Å². The summed E-state index contributed by atoms with van der Waals surface area (Å²) in [6.45, 7) is -0.180. The second kappa shape index (κ2) is 5.36. The molecule has 1 heterocycles. The topological polar surface area (TPSA) is 76.4 Å². The van der Waals surface area contributed by atoms with Crippen LogP contribution in [0.15, 0.2) is 24.3 Å². The fourth-order valence-corrected chi connectivity index (χ4v) is 4.07. The van der Waals surface area contributed by atoms with Crippen molar-refractivity contribution >= 4 is 17.5 Å². The summed E-state index contributed by atoms with van der Waals surface area (Å²) in [5.41, 5.74) is 0.627. The molecule has 2 aromatic rings. The smallest absolute Gasteiger partial charge is 0.258 e. The monoisotopic (exact) mass is 365 g/mol. The molecule has 3 saturated carbocycles. The second-order valence-corrected chi connectivity index (χ2v) is 7.42. The van der Waals surface area contributed by atoms with Crippen LogP contribution in [-0.2, 0) is 17.3 Å². The summed E-state index contributed by atoms with van der Waals surface area (Å²) >= 11 is 5.60. The van der Waals surface area contributed by atoms with E-state index in [0.717, 1.165) is 31.0 Å². The molecule has 5 rings (SSSR count). The molecule has 25 heavy (non-hydrogen) atoms. The number of nitrogens with one attached hydrogen (secondary N) is 1. The van der Waals surface area contributed by atoms with Crippen LogP contribution in [0.1, 0.15) is 25.0 Å². The number of carbonyl (C=O) groups excluding carboxylic acids is 1. The molecule has 3 aliphatic carbocycles. The average Bonchev–Trinajstić information content (AvgIpc) is 2.82. The van der Waals surface area contributed by atoms with Gasteiger partial charge in [-0.1, -0.05) is 11.6 Å². The third-order valence-electron chi connectivity index (χ3n) is 5.09. The van der Waals surface area contributed by atoms with Crippen molar-refractivity contribution in [3.63, 3.8) is 0 Å². The summed E-state index contributed by atoms with van der Waals surface area (Å²) in [6.07, 6.45) is 2.41. The average molecular weight is 366 g/mol. The highest BCUT2D eigenvalue weighted by molar-refractivity contribution is 6.30. The van der Waals surface area contributed by atoms with Crippen molar-refractivity contribution in [2.45, 2.75) is 30.2 Å². The third-order valence-corrected chi connectivity index (χ3v) is 5.40. The maximum absolute atomic E-state index is 13.3. The van der Waals surface area contributed by atoms with Crippen LogP contribution in [0.5, 0.6) is 11.6 Å². The largest absolute Gasteiger partial charge is 0.493 e. The van der Waals surface area contributed by atoms with Crippen LogP contribution in [0.2, 0.25) is 5.02 Å². The Balaban J connectivity index is 1.30. The fourth-order valence-electron chi connectivity index (χ4n) is 3.96. The lowest BCUT2D eigenvalue weighted by Gasteiger charge is -2.69. The summed E-state index contributed by atoms with van der Waals surface area (Å²) in [7, 11) is 1.69. The Labute approximate surface area is 148 Å². The SMILES string of the molecule is Cn1nc(C23CC(NC(=O)COc4ccc(Cl)c(F)c4)(C2)C3)cc1O. The molecule has 0 spiro atoms. The maximum atomic E-state index is 13.3. The molecule has 6 nitrogen and oxygen atoms in total. The zero-order valence-electron chi connectivity index (χ0n) is 13.6. The van der Waals surface area contributed by atoms with Gasteiger partial charge in [0.1, 0.15) is 11.6 Å². The van der Waals surface area contributed by atoms with E-state index in [2.05, 4.69) is 10.4 Å². The number of aromatic nitrogens is 2. The first-order valence-electron chi connectivity index (χ1n) is 7.93. The first kappa shape index (κ1) is 16.2. The van der Waals surface area contributed by atoms with Gasteiger partial charge in [-0.3, -0.25) is 4.79 Å². The van der Waals surface area contributed by atoms with Gasteiger partial charge >= 0.3 is 0 Å². The molecule has 0 saturated heterocycles. The number of ether oxygens (including phenoxy) is 1. The van der Waals surface area contributed by atoms with Crippen LogP contribution < -0.4 is 10.1 Å². The number of aryl methyl sites for hydroxylation is 1. The number of aromatic hydroxyl groups is 1. The van der Waals surface area contributed by atoms with Gasteiger partial charge in [0.2, 0.25) is 5.88 Å². The van der Waals surface area contributed by atoms with Gasteiger partial charge in [-0.05, 0) is 31.4 Å². The quantitative estimate of drug-likeness (QED) is 0.852. The molecule has 2 bridgehead atoms. The van der Waals surface area contributed by atoms with Gasteiger partial charge in [0.15, 0.2) is 6.61 Å². The molecule has 1 aromatic carbocycles. The Bertz CT molecular complexity index is 828. The second-order valence-electron chi connectivity index (χ2n) is 7.02. The standard InChI is InChI=1S/C17H17ClFN3O3/c1-22-15(24)5-13(21-22)16-7-17(8-16,9-16)20-14(23)6-25-10-2-3-11(18)12(19)4-10/h2-5,24H,6-9H2,1H3,(H,20,23). The first-order chi connectivity index (χ1) is 11.8. The summed E-state index contributed by atoms with van der Waals surface area (Å²) in [6, 6.07) is 5.74. The van der Waals surface area contributed by atoms with Crippen LogP contribution in [0.25, 0.3) is 0 Å². The van der Waals surface area contributed by atoms with E-state index in [0.29, 0.717) is 0 Å². The molecule has 8 heteroatoms. The number of amides is 1. The number of halogens is 2. The minimum Gasteiger partial charge on any atom is -0.493 e. The number of nitrogens with zero attached hydrogens (tertiary/aromatic N) is 2. The highest BCUT2D eigenvalue weighted by Crippen LogP contribution is 2.67. The number of hydrogen-bond acceptors (Lipinski definition) is 4. The molecule has 1 amide bonds. The van der Waals surface area contributed by atoms with Crippen molar-refractivity contribution in [3.8, 4) is 11.6 Å². The molecule has 0 aliphatic heterocycles. The van der Waals surface area contributed by atoms with E-state index in [-0.39, 0.29) is 40.1 Å². The van der Waals surface area contributed by atoms with Crippen LogP contribution in [-0.4, -0.2) is 32.9 Å². The number of hydrogen-bond donors (Lipinski definition) is 2. The van der Waals surface area contributed by atoms with Crippen LogP contribution in [0.3, 0.4) is 0 Å². The Morgan fingerprint density at radius 2 is 2.16 bits per heavy atom. The minimum atomic E-state index is -0.584. The van der Waals surface area contributed by atoms with Crippen molar-refractivity contribution in [1.82, 2.24) is 15.1 Å². The number of carbonyl (C=O) groups is 1. The Hall–Kier alpha value is -2.28. The van der Waals surface area contributed by atoms with E-state index in [9.17, 15) is 14.3 Å². The van der Waals surface area contributed by atoms with Crippen molar-refractivity contribution in [2.24, 2.45) is 7.05 Å². The van der Waals surface area contributed by atoms with Crippen LogP contribution in [0.4, 0.5) is 4.39 Å². The molecule has 2 N–H and O–H groups in total. The lowest BCUT2D eigenvalue weighted by atomic mass is 9.38. The Morgan fingerprint density at radius 1 is 1.44 bits per heavy atom. The van der Waals surface area contributed by atoms with Gasteiger partial charge in [0, 0.05) is 30.1 Å². The van der Waals surface area contributed by atoms with Crippen molar-refractivity contribution in [1.29, 1.82) is 0 Å². The van der Waals surface area contributed by atoms with E-state index in [1.807, 2.05) is 0 Å². The number of benzene rings is 1. The van der Waals surface area contributed by atoms with Crippen molar-refractivity contribution < 1.29 is 19.0 Å². The predicted octanol–water partition coefficient (Wildman–Crippen LogP) is 2.29. The highest BCUT2D eigenvalue weighted by Gasteiger charge is 2.70. The summed E-state index contributed by atoms with van der Waals surface area (Å²) in [5, 5.41) is 17.0. The van der Waals surface area contributed by atoms with E-state index >= 15 is 0 Å². The molecule has 1 aromatic heterocycles. The molecule has 0 atom stereocenters. The minimum absolute atomic E-state index is 0.0107. The molecule has 0 unspecified atom stereocenters. The Morgan fingerprint density at radius 3 is 2.76 bits per heavy atom. The predicted molar refractivity (Wildman–Crippen MR) is 88.2 cm³/mol. The van der Waals surface area contributed by atoms with Gasteiger partial charge < -0.3 is 15.2 Å². The van der Waals surface area contributed by atoms with E-state index in [1.165, 1.54) is 16.8 Å². The van der Waals surface area contributed by atoms with E-state index in [1.54, 1.807) is 13.1 Å². The maximum Gasteiger partial charge on any atom is 0.258 e. The van der Waals surface area contributed by atoms with Crippen molar-refractivity contribution in [2.75, 3.05) is 6.61 Å². The summed E-state index contributed by atoms with van der Waals surface area (Å²) in [5.74, 6) is -0.427. The zero-order valence-corrected chi connectivity index (χ0v) is 14.3. The van der Waals surface area contributed by atoms with E-state index in [4.69, 9.17) is 16.3 Å². The Kier molecular flexibility index (Phi) is 3.47. The van der Waals surface area contributed by atoms with Gasteiger partial charge in [-0.2, -0.15) is 5.10 Å². The summed E-state index contributed by atoms with van der Waals surface area (Å²) in [4.78, 5) is 12.1. The third kappa shape index (κ3) is 2.63. The molecular formula is C17H17ClFN3O3. The molecule has 0 radical (unpaired) electrons. The van der Waals surface area contributed by atoms with Gasteiger partial charge in [-0.25, -0.2) is 9.07 Å². The van der Waals surface area contributed by atoms with E-state index < -0.39 is 5.82 Å². The van der Waals surface area contributed by atoms with Gasteiger partial charge in [0.25, 0.3) is 5.91 Å². The fraction of sp³-hybridized carbons (Fsp3) is 0.412. The van der Waals surface area contributed by atoms with Crippen LogP contribution >= 0.6 is 11.6 Å². The molecule has 3 aliphatic rings. The molecule has 3 fully saturated rings.